The summed E-state index contributed by atoms with van der Waals surface area (Å²) in [6.07, 6.45) is 3.43. The molecule has 0 amide bonds. The molecular formula is C12H19NO5. The smallest absolute Gasteiger partial charge is 0.331 e. The minimum Gasteiger partial charge on any atom is -0.478 e. The summed E-state index contributed by atoms with van der Waals surface area (Å²) >= 11 is 0. The maximum atomic E-state index is 11.0. The second-order valence-corrected chi connectivity index (χ2v) is 4.00. The van der Waals surface area contributed by atoms with E-state index < -0.39 is 11.9 Å². The average Bonchev–Trinajstić information content (AvgIpc) is 2.37. The summed E-state index contributed by atoms with van der Waals surface area (Å²) in [5, 5.41) is 8.31. The molecule has 0 atom stereocenters. The van der Waals surface area contributed by atoms with Gasteiger partial charge in [0.15, 0.2) is 0 Å². The normalized spacial score (nSPS) is 16.9. The van der Waals surface area contributed by atoms with Gasteiger partial charge in [0.05, 0.1) is 19.8 Å². The number of carboxylic acids is 1. The third kappa shape index (κ3) is 7.03. The molecule has 0 saturated carbocycles. The molecule has 1 fully saturated rings. The van der Waals surface area contributed by atoms with Gasteiger partial charge in [-0.3, -0.25) is 4.90 Å². The highest BCUT2D eigenvalue weighted by molar-refractivity contribution is 5.90. The Morgan fingerprint density at radius 1 is 1.22 bits per heavy atom. The van der Waals surface area contributed by atoms with Crippen LogP contribution >= 0.6 is 0 Å². The van der Waals surface area contributed by atoms with E-state index in [2.05, 4.69) is 4.90 Å². The van der Waals surface area contributed by atoms with Crippen molar-refractivity contribution >= 4 is 11.9 Å². The minimum atomic E-state index is -1.15. The number of nitrogens with zero attached hydrogens (tertiary/aromatic N) is 1. The summed E-state index contributed by atoms with van der Waals surface area (Å²) in [4.78, 5) is 23.5. The summed E-state index contributed by atoms with van der Waals surface area (Å²) in [6.45, 7) is 4.80. The van der Waals surface area contributed by atoms with E-state index in [9.17, 15) is 9.59 Å². The molecule has 1 heterocycles. The van der Waals surface area contributed by atoms with E-state index in [1.165, 1.54) is 0 Å². The van der Waals surface area contributed by atoms with Crippen molar-refractivity contribution in [3.05, 3.63) is 12.2 Å². The van der Waals surface area contributed by atoms with E-state index in [4.69, 9.17) is 14.6 Å². The van der Waals surface area contributed by atoms with Crippen LogP contribution in [0.4, 0.5) is 0 Å². The van der Waals surface area contributed by atoms with Crippen molar-refractivity contribution < 1.29 is 24.2 Å². The van der Waals surface area contributed by atoms with Crippen LogP contribution in [0.2, 0.25) is 0 Å². The van der Waals surface area contributed by atoms with Crippen molar-refractivity contribution in [2.24, 2.45) is 0 Å². The van der Waals surface area contributed by atoms with Crippen molar-refractivity contribution in [3.8, 4) is 0 Å². The Bertz CT molecular complexity index is 297. The number of ether oxygens (including phenoxy) is 2. The fourth-order valence-electron chi connectivity index (χ4n) is 1.62. The number of rotatable bonds is 7. The molecule has 102 valence electrons. The number of carbonyl (C=O) groups is 2. The van der Waals surface area contributed by atoms with Crippen molar-refractivity contribution in [2.45, 2.75) is 12.8 Å². The first-order valence-corrected chi connectivity index (χ1v) is 6.06. The summed E-state index contributed by atoms with van der Waals surface area (Å²) in [5.41, 5.74) is 0. The number of hydrogen-bond acceptors (Lipinski definition) is 5. The maximum absolute atomic E-state index is 11.0. The van der Waals surface area contributed by atoms with Crippen molar-refractivity contribution in [1.29, 1.82) is 0 Å². The zero-order valence-electron chi connectivity index (χ0n) is 10.3. The predicted octanol–water partition coefficient (Wildman–Crippen LogP) is 0.283. The highest BCUT2D eigenvalue weighted by Crippen LogP contribution is 2.00. The highest BCUT2D eigenvalue weighted by Gasteiger charge is 2.09. The molecule has 0 spiro atoms. The number of esters is 1. The van der Waals surface area contributed by atoms with Gasteiger partial charge in [0.1, 0.15) is 0 Å². The van der Waals surface area contributed by atoms with Crippen LogP contribution in [-0.2, 0) is 19.1 Å². The van der Waals surface area contributed by atoms with E-state index in [1.807, 2.05) is 0 Å². The van der Waals surface area contributed by atoms with Gasteiger partial charge in [0, 0.05) is 25.2 Å². The monoisotopic (exact) mass is 257 g/mol. The molecular weight excluding hydrogens is 238 g/mol. The largest absolute Gasteiger partial charge is 0.478 e. The molecule has 1 rings (SSSR count). The first-order chi connectivity index (χ1) is 8.68. The van der Waals surface area contributed by atoms with E-state index in [0.29, 0.717) is 6.61 Å². The molecule has 0 aromatic carbocycles. The van der Waals surface area contributed by atoms with Gasteiger partial charge in [-0.2, -0.15) is 0 Å². The fourth-order valence-corrected chi connectivity index (χ4v) is 1.62. The van der Waals surface area contributed by atoms with E-state index in [0.717, 1.165) is 57.8 Å². The Balaban J connectivity index is 1.97. The van der Waals surface area contributed by atoms with Crippen LogP contribution in [0, 0.1) is 0 Å². The van der Waals surface area contributed by atoms with Gasteiger partial charge in [0.2, 0.25) is 0 Å². The SMILES string of the molecule is O=C(O)C=CC(=O)OCCCCN1CCOCC1. The Morgan fingerprint density at radius 2 is 1.94 bits per heavy atom. The molecule has 0 aromatic heterocycles. The number of carboxylic acid groups (broad SMARTS) is 1. The lowest BCUT2D eigenvalue weighted by Crippen LogP contribution is -2.36. The number of unbranched alkanes of at least 4 members (excludes halogenated alkanes) is 1. The van der Waals surface area contributed by atoms with Gasteiger partial charge < -0.3 is 14.6 Å². The van der Waals surface area contributed by atoms with Crippen LogP contribution in [0.3, 0.4) is 0 Å². The molecule has 6 heteroatoms. The first-order valence-electron chi connectivity index (χ1n) is 6.06. The molecule has 0 unspecified atom stereocenters. The Morgan fingerprint density at radius 3 is 2.61 bits per heavy atom. The van der Waals surface area contributed by atoms with Crippen molar-refractivity contribution in [3.63, 3.8) is 0 Å². The van der Waals surface area contributed by atoms with Crippen LogP contribution in [0.25, 0.3) is 0 Å². The molecule has 6 nitrogen and oxygen atoms in total. The molecule has 1 aliphatic rings. The molecule has 0 radical (unpaired) electrons. The standard InChI is InChI=1S/C12H19NO5/c14-11(15)3-4-12(16)18-8-2-1-5-13-6-9-17-10-7-13/h3-4H,1-2,5-10H2,(H,14,15). The lowest BCUT2D eigenvalue weighted by Gasteiger charge is -2.26. The second kappa shape index (κ2) is 8.66. The van der Waals surface area contributed by atoms with Gasteiger partial charge in [-0.25, -0.2) is 9.59 Å². The molecule has 0 aliphatic carbocycles. The summed E-state index contributed by atoms with van der Waals surface area (Å²) in [6, 6.07) is 0. The number of morpholine rings is 1. The third-order valence-corrected chi connectivity index (χ3v) is 2.58. The van der Waals surface area contributed by atoms with Gasteiger partial charge >= 0.3 is 11.9 Å². The lowest BCUT2D eigenvalue weighted by molar-refractivity contribution is -0.138. The predicted molar refractivity (Wildman–Crippen MR) is 64.2 cm³/mol. The topological polar surface area (TPSA) is 76.1 Å². The number of aliphatic carboxylic acids is 1. The van der Waals surface area contributed by atoms with Crippen molar-refractivity contribution in [1.82, 2.24) is 4.90 Å². The number of hydrogen-bond donors (Lipinski definition) is 1. The molecule has 1 aliphatic heterocycles. The third-order valence-electron chi connectivity index (χ3n) is 2.58. The van der Waals surface area contributed by atoms with Crippen LogP contribution < -0.4 is 0 Å². The van der Waals surface area contributed by atoms with Gasteiger partial charge in [-0.05, 0) is 19.4 Å². The van der Waals surface area contributed by atoms with Gasteiger partial charge in [0.25, 0.3) is 0 Å². The summed E-state index contributed by atoms with van der Waals surface area (Å²) in [5.74, 6) is -1.76. The molecule has 1 N–H and O–H groups in total. The van der Waals surface area contributed by atoms with E-state index >= 15 is 0 Å². The van der Waals surface area contributed by atoms with Gasteiger partial charge in [-0.1, -0.05) is 0 Å². The van der Waals surface area contributed by atoms with Crippen LogP contribution in [-0.4, -0.2) is 61.4 Å². The molecule has 0 aromatic rings. The van der Waals surface area contributed by atoms with Crippen LogP contribution in [0.15, 0.2) is 12.2 Å². The minimum absolute atomic E-state index is 0.327. The van der Waals surface area contributed by atoms with Crippen LogP contribution in [0.1, 0.15) is 12.8 Å². The Kier molecular flexibility index (Phi) is 7.05. The molecule has 18 heavy (non-hydrogen) atoms. The maximum Gasteiger partial charge on any atom is 0.331 e. The van der Waals surface area contributed by atoms with Gasteiger partial charge in [-0.15, -0.1) is 0 Å². The summed E-state index contributed by atoms with van der Waals surface area (Å²) < 4.78 is 10.1. The Labute approximate surface area is 106 Å². The molecule has 0 bridgehead atoms. The lowest BCUT2D eigenvalue weighted by atomic mass is 10.3. The second-order valence-electron chi connectivity index (χ2n) is 4.00. The van der Waals surface area contributed by atoms with E-state index in [1.54, 1.807) is 0 Å². The first kappa shape index (κ1) is 14.7. The zero-order valence-corrected chi connectivity index (χ0v) is 10.3. The van der Waals surface area contributed by atoms with E-state index in [-0.39, 0.29) is 0 Å². The zero-order chi connectivity index (χ0) is 13.2. The number of carbonyl (C=O) groups excluding carboxylic acids is 1. The summed E-state index contributed by atoms with van der Waals surface area (Å²) in [7, 11) is 0. The van der Waals surface area contributed by atoms with Crippen LogP contribution in [0.5, 0.6) is 0 Å². The quantitative estimate of drug-likeness (QED) is 0.401. The highest BCUT2D eigenvalue weighted by atomic mass is 16.5. The Hall–Kier alpha value is -1.40. The molecule has 1 saturated heterocycles. The van der Waals surface area contributed by atoms with Crippen molar-refractivity contribution in [2.75, 3.05) is 39.5 Å². The fraction of sp³-hybridized carbons (Fsp3) is 0.667. The average molecular weight is 257 g/mol.